The average Bonchev–Trinajstić information content (AvgIpc) is 2.33. The zero-order chi connectivity index (χ0) is 15.1. The Labute approximate surface area is 115 Å². The number of carbonyl (C=O) groups is 2. The number of nitrogens with zero attached hydrogens (tertiary/aromatic N) is 1. The Bertz CT molecular complexity index is 495. The first kappa shape index (κ1) is 16.0. The summed E-state index contributed by atoms with van der Waals surface area (Å²) in [5.41, 5.74) is -0.214. The number of hydrogen-bond donors (Lipinski definition) is 2. The summed E-state index contributed by atoms with van der Waals surface area (Å²) in [4.78, 5) is 23.6. The maximum absolute atomic E-state index is 13.3. The van der Waals surface area contributed by atoms with E-state index in [0.717, 1.165) is 18.2 Å². The third kappa shape index (κ3) is 5.75. The molecule has 0 aromatic heterocycles. The molecule has 1 rings (SSSR count). The lowest BCUT2D eigenvalue weighted by atomic mass is 10.3. The van der Waals surface area contributed by atoms with Gasteiger partial charge in [0, 0.05) is 12.5 Å². The van der Waals surface area contributed by atoms with Gasteiger partial charge in [-0.1, -0.05) is 0 Å². The summed E-state index contributed by atoms with van der Waals surface area (Å²) in [5.74, 6) is -2.75. The van der Waals surface area contributed by atoms with Crippen molar-refractivity contribution in [3.8, 4) is 0 Å². The Morgan fingerprint density at radius 1 is 1.35 bits per heavy atom. The van der Waals surface area contributed by atoms with Crippen LogP contribution in [0.1, 0.15) is 12.8 Å². The first-order valence-corrected chi connectivity index (χ1v) is 6.03. The molecule has 0 radical (unpaired) electrons. The van der Waals surface area contributed by atoms with E-state index in [1.54, 1.807) is 11.9 Å². The van der Waals surface area contributed by atoms with Crippen molar-refractivity contribution >= 4 is 17.6 Å². The second-order valence-electron chi connectivity index (χ2n) is 4.41. The fraction of sp³-hybridized carbons (Fsp3) is 0.385. The van der Waals surface area contributed by atoms with Gasteiger partial charge in [-0.15, -0.1) is 0 Å². The van der Waals surface area contributed by atoms with Crippen LogP contribution in [0.2, 0.25) is 0 Å². The predicted molar refractivity (Wildman–Crippen MR) is 69.4 cm³/mol. The van der Waals surface area contributed by atoms with E-state index in [0.29, 0.717) is 13.0 Å². The Hall–Kier alpha value is -2.02. The molecule has 0 aliphatic rings. The molecule has 20 heavy (non-hydrogen) atoms. The van der Waals surface area contributed by atoms with Crippen LogP contribution in [0.25, 0.3) is 0 Å². The highest BCUT2D eigenvalue weighted by atomic mass is 19.1. The number of benzene rings is 1. The molecule has 0 bridgehead atoms. The quantitative estimate of drug-likeness (QED) is 0.800. The highest BCUT2D eigenvalue weighted by Crippen LogP contribution is 2.15. The van der Waals surface area contributed by atoms with Gasteiger partial charge in [0.2, 0.25) is 5.91 Å². The molecular formula is C13H16F2N2O3. The number of aliphatic carboxylic acids is 1. The number of amides is 1. The topological polar surface area (TPSA) is 69.6 Å². The van der Waals surface area contributed by atoms with Gasteiger partial charge in [-0.25, -0.2) is 8.78 Å². The van der Waals surface area contributed by atoms with Crippen LogP contribution in [0.4, 0.5) is 14.5 Å². The average molecular weight is 286 g/mol. The first-order valence-electron chi connectivity index (χ1n) is 6.03. The molecule has 7 heteroatoms. The second-order valence-corrected chi connectivity index (χ2v) is 4.41. The van der Waals surface area contributed by atoms with Crippen molar-refractivity contribution in [2.24, 2.45) is 0 Å². The zero-order valence-electron chi connectivity index (χ0n) is 11.0. The van der Waals surface area contributed by atoms with Gasteiger partial charge in [0.25, 0.3) is 0 Å². The van der Waals surface area contributed by atoms with Crippen LogP contribution in [0.5, 0.6) is 0 Å². The molecule has 0 saturated heterocycles. The number of carboxylic acid groups (broad SMARTS) is 1. The van der Waals surface area contributed by atoms with Crippen molar-refractivity contribution in [3.05, 3.63) is 29.8 Å². The summed E-state index contributed by atoms with van der Waals surface area (Å²) in [6.45, 7) is 0.390. The monoisotopic (exact) mass is 286 g/mol. The van der Waals surface area contributed by atoms with Crippen molar-refractivity contribution in [1.82, 2.24) is 4.90 Å². The number of carboxylic acids is 1. The number of hydrogen-bond acceptors (Lipinski definition) is 3. The maximum Gasteiger partial charge on any atom is 0.303 e. The van der Waals surface area contributed by atoms with Gasteiger partial charge < -0.3 is 10.4 Å². The zero-order valence-corrected chi connectivity index (χ0v) is 11.0. The fourth-order valence-corrected chi connectivity index (χ4v) is 1.61. The van der Waals surface area contributed by atoms with Gasteiger partial charge in [0.15, 0.2) is 0 Å². The smallest absolute Gasteiger partial charge is 0.303 e. The van der Waals surface area contributed by atoms with E-state index in [9.17, 15) is 18.4 Å². The number of anilines is 1. The van der Waals surface area contributed by atoms with Crippen molar-refractivity contribution in [1.29, 1.82) is 0 Å². The fourth-order valence-electron chi connectivity index (χ4n) is 1.61. The van der Waals surface area contributed by atoms with Crippen LogP contribution in [0.15, 0.2) is 18.2 Å². The van der Waals surface area contributed by atoms with Gasteiger partial charge >= 0.3 is 5.97 Å². The summed E-state index contributed by atoms with van der Waals surface area (Å²) in [5, 5.41) is 10.8. The predicted octanol–water partition coefficient (Wildman–Crippen LogP) is 1.70. The van der Waals surface area contributed by atoms with Crippen LogP contribution in [-0.2, 0) is 9.59 Å². The van der Waals surface area contributed by atoms with Crippen molar-refractivity contribution < 1.29 is 23.5 Å². The molecule has 0 fully saturated rings. The summed E-state index contributed by atoms with van der Waals surface area (Å²) >= 11 is 0. The SMILES string of the molecule is CN(CCCC(=O)O)CC(=O)Nc1cc(F)ccc1F. The molecule has 0 unspecified atom stereocenters. The molecule has 0 aliphatic heterocycles. The van der Waals surface area contributed by atoms with E-state index in [1.807, 2.05) is 0 Å². The molecule has 1 amide bonds. The Kier molecular flexibility index (Phi) is 6.05. The highest BCUT2D eigenvalue weighted by molar-refractivity contribution is 5.92. The Morgan fingerprint density at radius 2 is 2.05 bits per heavy atom. The minimum atomic E-state index is -0.898. The number of halogens is 2. The molecule has 0 aliphatic carbocycles. The molecule has 0 heterocycles. The number of nitrogens with one attached hydrogen (secondary N) is 1. The minimum Gasteiger partial charge on any atom is -0.481 e. The summed E-state index contributed by atoms with van der Waals surface area (Å²) < 4.78 is 26.2. The number of likely N-dealkylation sites (N-methyl/N-ethyl adjacent to an activating group) is 1. The lowest BCUT2D eigenvalue weighted by Gasteiger charge is -2.15. The van der Waals surface area contributed by atoms with Crippen LogP contribution < -0.4 is 5.32 Å². The van der Waals surface area contributed by atoms with Gasteiger partial charge in [0.05, 0.1) is 12.2 Å². The lowest BCUT2D eigenvalue weighted by Crippen LogP contribution is -2.31. The lowest BCUT2D eigenvalue weighted by molar-refractivity contribution is -0.137. The molecule has 1 aromatic carbocycles. The second kappa shape index (κ2) is 7.54. The van der Waals surface area contributed by atoms with Crippen LogP contribution in [0.3, 0.4) is 0 Å². The normalized spacial score (nSPS) is 10.6. The molecule has 110 valence electrons. The first-order chi connectivity index (χ1) is 9.38. The van der Waals surface area contributed by atoms with Crippen molar-refractivity contribution in [2.75, 3.05) is 25.5 Å². The third-order valence-electron chi connectivity index (χ3n) is 2.55. The summed E-state index contributed by atoms with van der Waals surface area (Å²) in [6.07, 6.45) is 0.428. The highest BCUT2D eigenvalue weighted by Gasteiger charge is 2.10. The standard InChI is InChI=1S/C13H16F2N2O3/c1-17(6-2-3-13(19)20)8-12(18)16-11-7-9(14)4-5-10(11)15/h4-5,7H,2-3,6,8H2,1H3,(H,16,18)(H,19,20). The molecule has 0 atom stereocenters. The maximum atomic E-state index is 13.3. The van der Waals surface area contributed by atoms with Gasteiger partial charge in [-0.3, -0.25) is 14.5 Å². The van der Waals surface area contributed by atoms with Gasteiger partial charge in [-0.05, 0) is 32.1 Å². The third-order valence-corrected chi connectivity index (χ3v) is 2.55. The summed E-state index contributed by atoms with van der Waals surface area (Å²) in [7, 11) is 1.64. The van der Waals surface area contributed by atoms with E-state index in [4.69, 9.17) is 5.11 Å². The van der Waals surface area contributed by atoms with E-state index in [-0.39, 0.29) is 18.7 Å². The molecule has 0 spiro atoms. The number of carbonyl (C=O) groups excluding carboxylic acids is 1. The molecular weight excluding hydrogens is 270 g/mol. The van der Waals surface area contributed by atoms with Crippen molar-refractivity contribution in [3.63, 3.8) is 0 Å². The van der Waals surface area contributed by atoms with Crippen LogP contribution in [-0.4, -0.2) is 42.0 Å². The molecule has 1 aromatic rings. The van der Waals surface area contributed by atoms with E-state index < -0.39 is 23.5 Å². The summed E-state index contributed by atoms with van der Waals surface area (Å²) in [6, 6.07) is 2.79. The van der Waals surface area contributed by atoms with E-state index >= 15 is 0 Å². The minimum absolute atomic E-state index is 0.0183. The van der Waals surface area contributed by atoms with Gasteiger partial charge in [0.1, 0.15) is 11.6 Å². The van der Waals surface area contributed by atoms with Crippen LogP contribution in [0, 0.1) is 11.6 Å². The number of rotatable bonds is 7. The Morgan fingerprint density at radius 3 is 2.70 bits per heavy atom. The van der Waals surface area contributed by atoms with Gasteiger partial charge in [-0.2, -0.15) is 0 Å². The molecule has 2 N–H and O–H groups in total. The largest absolute Gasteiger partial charge is 0.481 e. The van der Waals surface area contributed by atoms with E-state index in [1.165, 1.54) is 0 Å². The molecule has 5 nitrogen and oxygen atoms in total. The van der Waals surface area contributed by atoms with Crippen LogP contribution >= 0.6 is 0 Å². The van der Waals surface area contributed by atoms with E-state index in [2.05, 4.69) is 5.32 Å². The molecule has 0 saturated carbocycles. The Balaban J connectivity index is 2.43. The van der Waals surface area contributed by atoms with Crippen molar-refractivity contribution in [2.45, 2.75) is 12.8 Å².